The molecule has 44 heavy (non-hydrogen) atoms. The number of fused-ring (bicyclic) bond motifs is 3. The Hall–Kier alpha value is -4.51. The van der Waals surface area contributed by atoms with Gasteiger partial charge in [0, 0.05) is 47.9 Å². The van der Waals surface area contributed by atoms with Crippen molar-refractivity contribution in [1.29, 1.82) is 0 Å². The fourth-order valence-corrected chi connectivity index (χ4v) is 6.89. The molecule has 9 nitrogen and oxygen atoms in total. The number of hydrogen-bond donors (Lipinski definition) is 2. The zero-order valence-corrected chi connectivity index (χ0v) is 24.8. The van der Waals surface area contributed by atoms with E-state index in [2.05, 4.69) is 20.2 Å². The summed E-state index contributed by atoms with van der Waals surface area (Å²) in [6.07, 6.45) is 1.27. The van der Waals surface area contributed by atoms with Crippen molar-refractivity contribution in [3.05, 3.63) is 75.7 Å². The maximum absolute atomic E-state index is 15.1. The van der Waals surface area contributed by atoms with E-state index in [9.17, 15) is 14.3 Å². The molecule has 0 radical (unpaired) electrons. The third-order valence-electron chi connectivity index (χ3n) is 9.28. The lowest BCUT2D eigenvalue weighted by molar-refractivity contribution is 0.107. The van der Waals surface area contributed by atoms with Gasteiger partial charge >= 0.3 is 11.6 Å². The maximum Gasteiger partial charge on any atom is 0.349 e. The molecule has 7 rings (SSSR count). The highest BCUT2D eigenvalue weighted by molar-refractivity contribution is 6.00. The van der Waals surface area contributed by atoms with Crippen molar-refractivity contribution in [1.82, 2.24) is 19.4 Å². The summed E-state index contributed by atoms with van der Waals surface area (Å²) in [5.41, 5.74) is 1.86. The minimum Gasteiger partial charge on any atom is -0.508 e. The van der Waals surface area contributed by atoms with Gasteiger partial charge in [0.1, 0.15) is 41.3 Å². The minimum atomic E-state index is -0.908. The van der Waals surface area contributed by atoms with Crippen LogP contribution in [0.3, 0.4) is 0 Å². The Morgan fingerprint density at radius 1 is 1.18 bits per heavy atom. The zero-order chi connectivity index (χ0) is 30.7. The van der Waals surface area contributed by atoms with Gasteiger partial charge in [-0.15, -0.1) is 0 Å². The minimum absolute atomic E-state index is 0.0400. The van der Waals surface area contributed by atoms with Crippen molar-refractivity contribution in [2.75, 3.05) is 25.0 Å². The molecule has 2 saturated heterocycles. The summed E-state index contributed by atoms with van der Waals surface area (Å²) in [5.74, 6) is -0.307. The first-order valence-electron chi connectivity index (χ1n) is 14.8. The standard InChI is InChI=1S/C33H33F2N5O4/c1-18-8-9-22(39(18)3)15-36-30-27-28(37-32(38-30)43-17-33-10-5-11-40(33)16-21(34)14-33)19(2)29(44-31(27)42)24-13-23(41)12-20-6-4-7-25(35)26(20)24/h4,6-9,12-13,21,41H,5,10-11,14-17H2,1-3H3,(H,36,37,38)/t21-,33+/m1/s1. The van der Waals surface area contributed by atoms with Crippen LogP contribution in [0, 0.1) is 19.7 Å². The van der Waals surface area contributed by atoms with Crippen LogP contribution in [0.25, 0.3) is 33.0 Å². The molecule has 5 aromatic rings. The smallest absolute Gasteiger partial charge is 0.349 e. The number of rotatable bonds is 7. The lowest BCUT2D eigenvalue weighted by Gasteiger charge is -2.30. The van der Waals surface area contributed by atoms with E-state index >= 15 is 4.39 Å². The fraction of sp³-hybridized carbons (Fsp3) is 0.364. The number of aromatic nitrogens is 3. The van der Waals surface area contributed by atoms with E-state index in [0.717, 1.165) is 30.8 Å². The van der Waals surface area contributed by atoms with Gasteiger partial charge in [0.05, 0.1) is 17.6 Å². The normalized spacial score (nSPS) is 20.1. The monoisotopic (exact) mass is 601 g/mol. The van der Waals surface area contributed by atoms with Crippen molar-refractivity contribution in [3.63, 3.8) is 0 Å². The predicted octanol–water partition coefficient (Wildman–Crippen LogP) is 5.77. The van der Waals surface area contributed by atoms with E-state index < -0.39 is 23.2 Å². The maximum atomic E-state index is 15.1. The van der Waals surface area contributed by atoms with Crippen molar-refractivity contribution in [3.8, 4) is 23.1 Å². The molecule has 0 spiro atoms. The first-order valence-corrected chi connectivity index (χ1v) is 14.8. The summed E-state index contributed by atoms with van der Waals surface area (Å²) in [6.45, 7) is 5.51. The summed E-state index contributed by atoms with van der Waals surface area (Å²) in [5, 5.41) is 14.5. The van der Waals surface area contributed by atoms with Crippen molar-refractivity contribution < 1.29 is 23.0 Å². The third kappa shape index (κ3) is 4.66. The van der Waals surface area contributed by atoms with Crippen LogP contribution < -0.4 is 15.7 Å². The number of halogens is 2. The summed E-state index contributed by atoms with van der Waals surface area (Å²) in [4.78, 5) is 25.1. The molecule has 0 aliphatic carbocycles. The van der Waals surface area contributed by atoms with Gasteiger partial charge in [0.25, 0.3) is 0 Å². The number of nitrogens with zero attached hydrogens (tertiary/aromatic N) is 4. The van der Waals surface area contributed by atoms with Gasteiger partial charge in [0.2, 0.25) is 0 Å². The summed E-state index contributed by atoms with van der Waals surface area (Å²) < 4.78 is 43.6. The Morgan fingerprint density at radius 3 is 2.82 bits per heavy atom. The lowest BCUT2D eigenvalue weighted by Crippen LogP contribution is -2.43. The van der Waals surface area contributed by atoms with Crippen molar-refractivity contribution in [2.45, 2.75) is 51.4 Å². The van der Waals surface area contributed by atoms with E-state index in [1.807, 2.05) is 30.7 Å². The Kier molecular flexibility index (Phi) is 6.80. The molecule has 0 bridgehead atoms. The first kappa shape index (κ1) is 28.3. The van der Waals surface area contributed by atoms with E-state index in [4.69, 9.17) is 9.15 Å². The van der Waals surface area contributed by atoms with Crippen LogP contribution >= 0.6 is 0 Å². The molecule has 2 atom stereocenters. The summed E-state index contributed by atoms with van der Waals surface area (Å²) in [6, 6.07) is 11.4. The largest absolute Gasteiger partial charge is 0.508 e. The molecular formula is C33H33F2N5O4. The lowest BCUT2D eigenvalue weighted by atomic mass is 9.95. The van der Waals surface area contributed by atoms with Crippen LogP contribution in [-0.4, -0.2) is 55.9 Å². The number of phenols is 1. The second-order valence-electron chi connectivity index (χ2n) is 12.0. The highest BCUT2D eigenvalue weighted by Gasteiger charge is 2.49. The molecule has 2 fully saturated rings. The Labute approximate surface area is 252 Å². The van der Waals surface area contributed by atoms with E-state index in [1.165, 1.54) is 18.2 Å². The van der Waals surface area contributed by atoms with Gasteiger partial charge in [-0.25, -0.2) is 13.6 Å². The molecule has 0 saturated carbocycles. The highest BCUT2D eigenvalue weighted by atomic mass is 19.1. The number of hydrogen-bond acceptors (Lipinski definition) is 8. The molecular weight excluding hydrogens is 568 g/mol. The molecule has 228 valence electrons. The second-order valence-corrected chi connectivity index (χ2v) is 12.0. The quantitative estimate of drug-likeness (QED) is 0.242. The Balaban J connectivity index is 1.36. The van der Waals surface area contributed by atoms with Crippen molar-refractivity contribution >= 4 is 27.5 Å². The zero-order valence-electron chi connectivity index (χ0n) is 24.8. The van der Waals surface area contributed by atoms with Crippen LogP contribution in [0.2, 0.25) is 0 Å². The van der Waals surface area contributed by atoms with E-state index in [-0.39, 0.29) is 51.8 Å². The molecule has 5 heterocycles. The van der Waals surface area contributed by atoms with Gasteiger partial charge < -0.3 is 24.1 Å². The van der Waals surface area contributed by atoms with Gasteiger partial charge in [0.15, 0.2) is 0 Å². The van der Waals surface area contributed by atoms with Gasteiger partial charge in [-0.2, -0.15) is 9.97 Å². The average Bonchev–Trinajstić information content (AvgIpc) is 3.63. The second kappa shape index (κ2) is 10.6. The molecule has 3 aromatic heterocycles. The molecule has 0 unspecified atom stereocenters. The highest BCUT2D eigenvalue weighted by Crippen LogP contribution is 2.41. The molecule has 2 aromatic carbocycles. The number of benzene rings is 2. The van der Waals surface area contributed by atoms with Crippen LogP contribution in [0.5, 0.6) is 11.8 Å². The number of phenolic OH excluding ortho intramolecular Hbond substituents is 1. The molecule has 0 amide bonds. The van der Waals surface area contributed by atoms with Gasteiger partial charge in [-0.05, 0) is 69.0 Å². The van der Waals surface area contributed by atoms with Crippen molar-refractivity contribution in [2.24, 2.45) is 7.05 Å². The number of nitrogens with one attached hydrogen (secondary N) is 1. The number of ether oxygens (including phenoxy) is 1. The molecule has 2 aliphatic heterocycles. The molecule has 11 heteroatoms. The third-order valence-corrected chi connectivity index (χ3v) is 9.28. The Morgan fingerprint density at radius 2 is 2.02 bits per heavy atom. The summed E-state index contributed by atoms with van der Waals surface area (Å²) >= 11 is 0. The molecule has 2 N–H and O–H groups in total. The number of aryl methyl sites for hydroxylation is 2. The van der Waals surface area contributed by atoms with E-state index in [0.29, 0.717) is 30.5 Å². The number of anilines is 1. The van der Waals surface area contributed by atoms with Gasteiger partial charge in [-0.3, -0.25) is 4.90 Å². The summed E-state index contributed by atoms with van der Waals surface area (Å²) in [7, 11) is 1.95. The predicted molar refractivity (Wildman–Crippen MR) is 163 cm³/mol. The SMILES string of the molecule is Cc1c(-c2cc(O)cc3cccc(F)c23)oc(=O)c2c(NCc3ccc(C)n3C)nc(OC[C@@]34CCCN3C[C@H](F)C4)nc12. The van der Waals surface area contributed by atoms with Crippen LogP contribution in [0.15, 0.2) is 51.7 Å². The topological polar surface area (TPSA) is 106 Å². The average molecular weight is 602 g/mol. The number of alkyl halides is 1. The van der Waals surface area contributed by atoms with Crippen LogP contribution in [0.1, 0.15) is 36.2 Å². The van der Waals surface area contributed by atoms with Gasteiger partial charge in [-0.1, -0.05) is 12.1 Å². The van der Waals surface area contributed by atoms with E-state index in [1.54, 1.807) is 19.1 Å². The molecule has 2 aliphatic rings. The first-order chi connectivity index (χ1) is 21.1. The number of aromatic hydroxyl groups is 1. The fourth-order valence-electron chi connectivity index (χ4n) is 6.89. The van der Waals surface area contributed by atoms with Crippen LogP contribution in [0.4, 0.5) is 14.6 Å². The van der Waals surface area contributed by atoms with Crippen LogP contribution in [-0.2, 0) is 13.6 Å². The Bertz CT molecular complexity index is 1990.